The molecular formula is C16H19ClF3N3O. The van der Waals surface area contributed by atoms with Gasteiger partial charge in [-0.05, 0) is 55.7 Å². The number of aryl methyl sites for hydroxylation is 1. The van der Waals surface area contributed by atoms with Gasteiger partial charge in [-0.2, -0.15) is 13.2 Å². The third-order valence-electron chi connectivity index (χ3n) is 4.95. The highest BCUT2D eigenvalue weighted by atomic mass is 35.5. The lowest BCUT2D eigenvalue weighted by Gasteiger charge is -2.26. The molecule has 0 bridgehead atoms. The lowest BCUT2D eigenvalue weighted by molar-refractivity contribution is -0.188. The molecule has 2 N–H and O–H groups in total. The molecule has 1 heterocycles. The standard InChI is InChI=1S/C16H19ClF3N3O/c17-13-8-11-10(9-22-13)2-1-3-12(11)23-14(24)21-7-6-15(4-5-15)16(18,19)20/h8-9,12H,1-7H2,(H2,21,23,24). The van der Waals surface area contributed by atoms with E-state index in [4.69, 9.17) is 11.6 Å². The predicted octanol–water partition coefficient (Wildman–Crippen LogP) is 4.14. The number of aromatic nitrogens is 1. The smallest absolute Gasteiger partial charge is 0.338 e. The van der Waals surface area contributed by atoms with E-state index in [9.17, 15) is 18.0 Å². The summed E-state index contributed by atoms with van der Waals surface area (Å²) in [5.41, 5.74) is 0.395. The third kappa shape index (κ3) is 3.61. The number of amides is 2. The van der Waals surface area contributed by atoms with Crippen LogP contribution in [0.25, 0.3) is 0 Å². The van der Waals surface area contributed by atoms with E-state index in [1.807, 2.05) is 0 Å². The van der Waals surface area contributed by atoms with Crippen LogP contribution < -0.4 is 10.6 Å². The molecule has 0 spiro atoms. The molecule has 3 rings (SSSR count). The predicted molar refractivity (Wildman–Crippen MR) is 83.8 cm³/mol. The van der Waals surface area contributed by atoms with E-state index in [0.29, 0.717) is 5.15 Å². The van der Waals surface area contributed by atoms with E-state index in [0.717, 1.165) is 30.4 Å². The van der Waals surface area contributed by atoms with Gasteiger partial charge >= 0.3 is 12.2 Å². The SMILES string of the molecule is O=C(NCCC1(C(F)(F)F)CC1)NC1CCCc2cnc(Cl)cc21. The fraction of sp³-hybridized carbons (Fsp3) is 0.625. The monoisotopic (exact) mass is 361 g/mol. The zero-order chi connectivity index (χ0) is 17.4. The molecule has 0 saturated heterocycles. The van der Waals surface area contributed by atoms with Crippen LogP contribution in [-0.2, 0) is 6.42 Å². The van der Waals surface area contributed by atoms with Gasteiger partial charge in [0.15, 0.2) is 0 Å². The van der Waals surface area contributed by atoms with Crippen molar-refractivity contribution >= 4 is 17.6 Å². The van der Waals surface area contributed by atoms with E-state index in [1.54, 1.807) is 12.3 Å². The Balaban J connectivity index is 1.52. The molecule has 2 aliphatic carbocycles. The lowest BCUT2D eigenvalue weighted by atomic mass is 9.89. The number of nitrogens with zero attached hydrogens (tertiary/aromatic N) is 1. The van der Waals surface area contributed by atoms with Crippen LogP contribution in [0.2, 0.25) is 5.15 Å². The average Bonchev–Trinajstić information content (AvgIpc) is 3.29. The summed E-state index contributed by atoms with van der Waals surface area (Å²) in [4.78, 5) is 16.1. The molecule has 1 aromatic rings. The van der Waals surface area contributed by atoms with E-state index in [-0.39, 0.29) is 31.8 Å². The summed E-state index contributed by atoms with van der Waals surface area (Å²) in [7, 11) is 0. The second-order valence-corrected chi connectivity index (χ2v) is 6.97. The Bertz CT molecular complexity index is 631. The molecule has 1 aromatic heterocycles. The van der Waals surface area contributed by atoms with Crippen LogP contribution in [0.15, 0.2) is 12.3 Å². The minimum atomic E-state index is -4.18. The van der Waals surface area contributed by atoms with Crippen molar-refractivity contribution in [3.05, 3.63) is 28.5 Å². The summed E-state index contributed by atoms with van der Waals surface area (Å²) < 4.78 is 38.5. The van der Waals surface area contributed by atoms with Gasteiger partial charge in [0.25, 0.3) is 0 Å². The maximum absolute atomic E-state index is 12.8. The molecule has 0 aromatic carbocycles. The fourth-order valence-electron chi connectivity index (χ4n) is 3.26. The Hall–Kier alpha value is -1.50. The number of alkyl halides is 3. The van der Waals surface area contributed by atoms with Crippen LogP contribution in [-0.4, -0.2) is 23.7 Å². The molecule has 0 aliphatic heterocycles. The first-order chi connectivity index (χ1) is 11.3. The summed E-state index contributed by atoms with van der Waals surface area (Å²) in [6.07, 6.45) is 0.337. The minimum Gasteiger partial charge on any atom is -0.338 e. The first-order valence-corrected chi connectivity index (χ1v) is 8.44. The number of hydrogen-bond donors (Lipinski definition) is 2. The van der Waals surface area contributed by atoms with E-state index >= 15 is 0 Å². The summed E-state index contributed by atoms with van der Waals surface area (Å²) >= 11 is 5.92. The zero-order valence-electron chi connectivity index (χ0n) is 13.0. The molecule has 132 valence electrons. The molecule has 24 heavy (non-hydrogen) atoms. The number of urea groups is 1. The van der Waals surface area contributed by atoms with Crippen LogP contribution >= 0.6 is 11.6 Å². The van der Waals surface area contributed by atoms with Gasteiger partial charge < -0.3 is 10.6 Å². The number of hydrogen-bond acceptors (Lipinski definition) is 2. The number of carbonyl (C=O) groups is 1. The summed E-state index contributed by atoms with van der Waals surface area (Å²) in [6.45, 7) is 0.0159. The lowest BCUT2D eigenvalue weighted by Crippen LogP contribution is -2.40. The number of pyridine rings is 1. The van der Waals surface area contributed by atoms with Crippen LogP contribution in [0.4, 0.5) is 18.0 Å². The van der Waals surface area contributed by atoms with Gasteiger partial charge in [-0.15, -0.1) is 0 Å². The van der Waals surface area contributed by atoms with Gasteiger partial charge in [0.2, 0.25) is 0 Å². The van der Waals surface area contributed by atoms with Crippen LogP contribution in [0.1, 0.15) is 49.3 Å². The highest BCUT2D eigenvalue weighted by Crippen LogP contribution is 2.59. The topological polar surface area (TPSA) is 54.0 Å². The number of halogens is 4. The Labute approximate surface area is 143 Å². The highest BCUT2D eigenvalue weighted by molar-refractivity contribution is 6.29. The normalized spacial score (nSPS) is 21.8. The van der Waals surface area contributed by atoms with Crippen molar-refractivity contribution in [3.8, 4) is 0 Å². The second kappa shape index (κ2) is 6.43. The van der Waals surface area contributed by atoms with Gasteiger partial charge in [0.05, 0.1) is 11.5 Å². The summed E-state index contributed by atoms with van der Waals surface area (Å²) in [5, 5.41) is 5.74. The maximum atomic E-state index is 12.8. The van der Waals surface area contributed by atoms with E-state index < -0.39 is 17.6 Å². The first kappa shape index (κ1) is 17.3. The van der Waals surface area contributed by atoms with Gasteiger partial charge in [-0.25, -0.2) is 9.78 Å². The van der Waals surface area contributed by atoms with Crippen molar-refractivity contribution in [2.75, 3.05) is 6.54 Å². The third-order valence-corrected chi connectivity index (χ3v) is 5.16. The van der Waals surface area contributed by atoms with Crippen molar-refractivity contribution in [3.63, 3.8) is 0 Å². The van der Waals surface area contributed by atoms with Crippen LogP contribution in [0.3, 0.4) is 0 Å². The maximum Gasteiger partial charge on any atom is 0.394 e. The van der Waals surface area contributed by atoms with E-state index in [2.05, 4.69) is 15.6 Å². The molecule has 2 amide bonds. The second-order valence-electron chi connectivity index (χ2n) is 6.58. The number of rotatable bonds is 4. The van der Waals surface area contributed by atoms with Gasteiger partial charge in [0, 0.05) is 12.7 Å². The van der Waals surface area contributed by atoms with Crippen molar-refractivity contribution in [1.29, 1.82) is 0 Å². The van der Waals surface area contributed by atoms with Crippen molar-refractivity contribution in [2.45, 2.75) is 50.7 Å². The van der Waals surface area contributed by atoms with Gasteiger partial charge in [-0.3, -0.25) is 0 Å². The molecule has 1 fully saturated rings. The molecular weight excluding hydrogens is 343 g/mol. The number of carbonyl (C=O) groups excluding carboxylic acids is 1. The first-order valence-electron chi connectivity index (χ1n) is 8.06. The quantitative estimate of drug-likeness (QED) is 0.792. The van der Waals surface area contributed by atoms with Gasteiger partial charge in [0.1, 0.15) is 5.15 Å². The summed E-state index contributed by atoms with van der Waals surface area (Å²) in [5.74, 6) is 0. The Morgan fingerprint density at radius 2 is 2.17 bits per heavy atom. The van der Waals surface area contributed by atoms with Crippen LogP contribution in [0.5, 0.6) is 0 Å². The molecule has 1 atom stereocenters. The van der Waals surface area contributed by atoms with Crippen molar-refractivity contribution in [2.24, 2.45) is 5.41 Å². The Morgan fingerprint density at radius 1 is 1.42 bits per heavy atom. The molecule has 8 heteroatoms. The number of nitrogens with one attached hydrogen (secondary N) is 2. The largest absolute Gasteiger partial charge is 0.394 e. The fourth-order valence-corrected chi connectivity index (χ4v) is 3.42. The molecule has 4 nitrogen and oxygen atoms in total. The molecule has 2 aliphatic rings. The minimum absolute atomic E-state index is 0.0159. The summed E-state index contributed by atoms with van der Waals surface area (Å²) in [6, 6.07) is 1.11. The Kier molecular flexibility index (Phi) is 4.64. The number of fused-ring (bicyclic) bond motifs is 1. The van der Waals surface area contributed by atoms with E-state index in [1.165, 1.54) is 0 Å². The van der Waals surface area contributed by atoms with Crippen LogP contribution in [0, 0.1) is 5.41 Å². The van der Waals surface area contributed by atoms with Crippen molar-refractivity contribution < 1.29 is 18.0 Å². The average molecular weight is 362 g/mol. The molecule has 1 unspecified atom stereocenters. The highest BCUT2D eigenvalue weighted by Gasteiger charge is 2.62. The molecule has 0 radical (unpaired) electrons. The Morgan fingerprint density at radius 3 is 2.83 bits per heavy atom. The van der Waals surface area contributed by atoms with Crippen molar-refractivity contribution in [1.82, 2.24) is 15.6 Å². The molecule has 1 saturated carbocycles. The zero-order valence-corrected chi connectivity index (χ0v) is 13.8. The van der Waals surface area contributed by atoms with Gasteiger partial charge in [-0.1, -0.05) is 11.6 Å².